The van der Waals surface area contributed by atoms with E-state index in [4.69, 9.17) is 18.9 Å². The molecule has 0 bridgehead atoms. The van der Waals surface area contributed by atoms with Crippen LogP contribution in [0.2, 0.25) is 0 Å². The fraction of sp³-hybridized carbons (Fsp3) is 0.667. The molecule has 0 radical (unpaired) electrons. The third-order valence-corrected chi connectivity index (χ3v) is 6.41. The Kier molecular flexibility index (Phi) is 7.86. The van der Waals surface area contributed by atoms with Gasteiger partial charge in [-0.25, -0.2) is 0 Å². The average molecular weight is 447 g/mol. The van der Waals surface area contributed by atoms with Crippen molar-refractivity contribution in [2.75, 3.05) is 52.6 Å². The van der Waals surface area contributed by atoms with Gasteiger partial charge in [0.1, 0.15) is 0 Å². The molecule has 0 atom stereocenters. The Hall–Kier alpha value is -2.32. The first-order chi connectivity index (χ1) is 15.7. The monoisotopic (exact) mass is 446 g/mol. The van der Waals surface area contributed by atoms with Gasteiger partial charge in [-0.05, 0) is 57.2 Å². The number of hydrogen-bond donors (Lipinski definition) is 0. The molecule has 3 saturated heterocycles. The molecule has 0 spiro atoms. The molecule has 176 valence electrons. The Bertz CT molecular complexity index is 781. The number of benzene rings is 1. The van der Waals surface area contributed by atoms with E-state index in [0.717, 1.165) is 38.8 Å². The number of amides is 2. The van der Waals surface area contributed by atoms with E-state index in [-0.39, 0.29) is 24.7 Å². The third-order valence-electron chi connectivity index (χ3n) is 6.41. The van der Waals surface area contributed by atoms with Gasteiger partial charge in [-0.1, -0.05) is 0 Å². The molecule has 32 heavy (non-hydrogen) atoms. The molecule has 2 amide bonds. The fourth-order valence-corrected chi connectivity index (χ4v) is 4.61. The summed E-state index contributed by atoms with van der Waals surface area (Å²) < 4.78 is 22.8. The number of piperidine rings is 2. The van der Waals surface area contributed by atoms with Gasteiger partial charge in [0.05, 0.1) is 19.8 Å². The van der Waals surface area contributed by atoms with Crippen molar-refractivity contribution < 1.29 is 28.5 Å². The number of rotatable bonds is 7. The van der Waals surface area contributed by atoms with Crippen molar-refractivity contribution in [1.29, 1.82) is 0 Å². The lowest BCUT2D eigenvalue weighted by Gasteiger charge is -2.34. The summed E-state index contributed by atoms with van der Waals surface area (Å²) in [6, 6.07) is 5.21. The predicted molar refractivity (Wildman–Crippen MR) is 118 cm³/mol. The van der Waals surface area contributed by atoms with Crippen LogP contribution in [0.3, 0.4) is 0 Å². The summed E-state index contributed by atoms with van der Waals surface area (Å²) >= 11 is 0. The largest absolute Gasteiger partial charge is 0.490 e. The summed E-state index contributed by atoms with van der Waals surface area (Å²) in [6.45, 7) is 6.57. The second kappa shape index (κ2) is 11.0. The second-order valence-corrected chi connectivity index (χ2v) is 8.56. The van der Waals surface area contributed by atoms with E-state index in [1.807, 2.05) is 16.7 Å². The lowest BCUT2D eigenvalue weighted by Crippen LogP contribution is -2.41. The van der Waals surface area contributed by atoms with Crippen LogP contribution < -0.4 is 9.47 Å². The highest BCUT2D eigenvalue weighted by Crippen LogP contribution is 2.31. The minimum absolute atomic E-state index is 0.00889. The van der Waals surface area contributed by atoms with Crippen molar-refractivity contribution in [2.24, 2.45) is 5.92 Å². The first-order valence-electron chi connectivity index (χ1n) is 11.9. The third kappa shape index (κ3) is 5.53. The highest BCUT2D eigenvalue weighted by molar-refractivity contribution is 5.95. The van der Waals surface area contributed by atoms with Crippen LogP contribution in [0, 0.1) is 5.92 Å². The van der Waals surface area contributed by atoms with Gasteiger partial charge in [0.15, 0.2) is 24.4 Å². The summed E-state index contributed by atoms with van der Waals surface area (Å²) in [5.74, 6) is 1.29. The highest BCUT2D eigenvalue weighted by Gasteiger charge is 2.32. The van der Waals surface area contributed by atoms with Crippen LogP contribution in [-0.4, -0.2) is 80.5 Å². The maximum Gasteiger partial charge on any atom is 0.260 e. The van der Waals surface area contributed by atoms with Crippen molar-refractivity contribution in [3.8, 4) is 11.5 Å². The van der Waals surface area contributed by atoms with Crippen molar-refractivity contribution in [3.05, 3.63) is 23.8 Å². The van der Waals surface area contributed by atoms with E-state index in [1.54, 1.807) is 18.2 Å². The maximum absolute atomic E-state index is 13.1. The summed E-state index contributed by atoms with van der Waals surface area (Å²) in [6.07, 6.45) is 4.88. The Morgan fingerprint density at radius 1 is 0.938 bits per heavy atom. The first kappa shape index (κ1) is 22.9. The Morgan fingerprint density at radius 2 is 1.66 bits per heavy atom. The standard InChI is InChI=1S/C24H34N2O6/c1-2-29-21-16-19(6-7-20(21)32-17-22(27)25-10-4-3-5-11-25)23(28)26-12-8-18(9-13-26)24-30-14-15-31-24/h6-7,16,18,24H,2-5,8-15,17H2,1H3. The van der Waals surface area contributed by atoms with Gasteiger partial charge in [-0.3, -0.25) is 9.59 Å². The summed E-state index contributed by atoms with van der Waals surface area (Å²) in [5, 5.41) is 0. The highest BCUT2D eigenvalue weighted by atomic mass is 16.7. The Balaban J connectivity index is 1.35. The fourth-order valence-electron chi connectivity index (χ4n) is 4.61. The molecule has 0 unspecified atom stereocenters. The molecule has 0 aliphatic carbocycles. The molecule has 4 rings (SSSR count). The molecule has 3 heterocycles. The Labute approximate surface area is 189 Å². The van der Waals surface area contributed by atoms with E-state index in [9.17, 15) is 9.59 Å². The molecule has 3 fully saturated rings. The van der Waals surface area contributed by atoms with Gasteiger partial charge in [0, 0.05) is 37.7 Å². The molecule has 1 aromatic carbocycles. The smallest absolute Gasteiger partial charge is 0.260 e. The van der Waals surface area contributed by atoms with E-state index in [2.05, 4.69) is 0 Å². The summed E-state index contributed by atoms with van der Waals surface area (Å²) in [4.78, 5) is 29.2. The van der Waals surface area contributed by atoms with E-state index in [1.165, 1.54) is 6.42 Å². The molecule has 3 aliphatic heterocycles. The molecule has 1 aromatic rings. The van der Waals surface area contributed by atoms with Crippen LogP contribution in [-0.2, 0) is 14.3 Å². The van der Waals surface area contributed by atoms with Gasteiger partial charge < -0.3 is 28.7 Å². The molecule has 8 nitrogen and oxygen atoms in total. The van der Waals surface area contributed by atoms with Gasteiger partial charge in [0.25, 0.3) is 11.8 Å². The molecular formula is C24H34N2O6. The van der Waals surface area contributed by atoms with Crippen LogP contribution in [0.25, 0.3) is 0 Å². The number of nitrogens with zero attached hydrogens (tertiary/aromatic N) is 2. The maximum atomic E-state index is 13.1. The molecule has 3 aliphatic rings. The summed E-state index contributed by atoms with van der Waals surface area (Å²) in [7, 11) is 0. The zero-order chi connectivity index (χ0) is 22.3. The first-order valence-corrected chi connectivity index (χ1v) is 11.9. The summed E-state index contributed by atoms with van der Waals surface area (Å²) in [5.41, 5.74) is 0.565. The van der Waals surface area contributed by atoms with Crippen molar-refractivity contribution in [2.45, 2.75) is 45.3 Å². The van der Waals surface area contributed by atoms with Crippen LogP contribution in [0.1, 0.15) is 49.4 Å². The lowest BCUT2D eigenvalue weighted by atomic mass is 9.95. The van der Waals surface area contributed by atoms with E-state index < -0.39 is 0 Å². The quantitative estimate of drug-likeness (QED) is 0.641. The number of carbonyl (C=O) groups is 2. The molecule has 8 heteroatoms. The zero-order valence-corrected chi connectivity index (χ0v) is 18.9. The van der Waals surface area contributed by atoms with Gasteiger partial charge >= 0.3 is 0 Å². The minimum atomic E-state index is -0.124. The second-order valence-electron chi connectivity index (χ2n) is 8.56. The van der Waals surface area contributed by atoms with Crippen molar-refractivity contribution in [1.82, 2.24) is 9.80 Å². The van der Waals surface area contributed by atoms with Crippen LogP contribution >= 0.6 is 0 Å². The average Bonchev–Trinajstić information content (AvgIpc) is 3.38. The Morgan fingerprint density at radius 3 is 2.34 bits per heavy atom. The van der Waals surface area contributed by atoms with E-state index >= 15 is 0 Å². The number of carbonyl (C=O) groups excluding carboxylic acids is 2. The number of hydrogen-bond acceptors (Lipinski definition) is 6. The predicted octanol–water partition coefficient (Wildman–Crippen LogP) is 2.70. The molecule has 0 aromatic heterocycles. The zero-order valence-electron chi connectivity index (χ0n) is 18.9. The number of likely N-dealkylation sites (tertiary alicyclic amines) is 2. The van der Waals surface area contributed by atoms with E-state index in [0.29, 0.717) is 55.9 Å². The minimum Gasteiger partial charge on any atom is -0.490 e. The molecule has 0 N–H and O–H groups in total. The van der Waals surface area contributed by atoms with Crippen molar-refractivity contribution in [3.63, 3.8) is 0 Å². The lowest BCUT2D eigenvalue weighted by molar-refractivity contribution is -0.134. The molecular weight excluding hydrogens is 412 g/mol. The van der Waals surface area contributed by atoms with Crippen LogP contribution in [0.5, 0.6) is 11.5 Å². The normalized spacial score (nSPS) is 20.4. The van der Waals surface area contributed by atoms with Gasteiger partial charge in [-0.15, -0.1) is 0 Å². The topological polar surface area (TPSA) is 77.5 Å². The molecule has 0 saturated carbocycles. The van der Waals surface area contributed by atoms with Gasteiger partial charge in [0.2, 0.25) is 0 Å². The van der Waals surface area contributed by atoms with Crippen LogP contribution in [0.15, 0.2) is 18.2 Å². The SMILES string of the molecule is CCOc1cc(C(=O)N2CCC(C3OCCO3)CC2)ccc1OCC(=O)N1CCCCC1. The van der Waals surface area contributed by atoms with Gasteiger partial charge in [-0.2, -0.15) is 0 Å². The number of ether oxygens (including phenoxy) is 4. The van der Waals surface area contributed by atoms with Crippen molar-refractivity contribution >= 4 is 11.8 Å². The van der Waals surface area contributed by atoms with Crippen LogP contribution in [0.4, 0.5) is 0 Å².